The topological polar surface area (TPSA) is 89.7 Å². The Bertz CT molecular complexity index is 377. The maximum atomic E-state index is 12.7. The second kappa shape index (κ2) is 5.34. The molecule has 0 saturated carbocycles. The Kier molecular flexibility index (Phi) is 4.85. The average Bonchev–Trinajstić information content (AvgIpc) is 2.21. The first-order chi connectivity index (χ1) is 7.98. The van der Waals surface area contributed by atoms with Crippen molar-refractivity contribution >= 4 is 5.97 Å². The number of hydrogen-bond donors (Lipinski definition) is 1. The molecule has 0 aromatic rings. The molecule has 0 aliphatic carbocycles. The predicted molar refractivity (Wildman–Crippen MR) is 52.9 cm³/mol. The first kappa shape index (κ1) is 16.4. The molecule has 9 heteroatoms. The highest BCUT2D eigenvalue weighted by Crippen LogP contribution is 2.38. The zero-order valence-corrected chi connectivity index (χ0v) is 9.82. The Hall–Kier alpha value is -1.64. The second-order valence-electron chi connectivity index (χ2n) is 3.75. The molecule has 6 nitrogen and oxygen atoms in total. The molecule has 0 radical (unpaired) electrons. The molecule has 1 unspecified atom stereocenters. The molecule has 0 heterocycles. The number of hydrogen-bond acceptors (Lipinski definition) is 5. The Morgan fingerprint density at radius 2 is 1.89 bits per heavy atom. The third kappa shape index (κ3) is 2.97. The van der Waals surface area contributed by atoms with Gasteiger partial charge in [-0.25, -0.2) is 4.79 Å². The van der Waals surface area contributed by atoms with E-state index in [1.165, 1.54) is 13.8 Å². The molecular formula is C9H12F3NO5. The summed E-state index contributed by atoms with van der Waals surface area (Å²) in [6.45, 7) is 2.72. The number of halogens is 3. The molecule has 0 saturated heterocycles. The molecule has 1 atom stereocenters. The van der Waals surface area contributed by atoms with Crippen molar-refractivity contribution in [2.75, 3.05) is 7.11 Å². The maximum Gasteiger partial charge on any atom is 0.439 e. The van der Waals surface area contributed by atoms with Crippen LogP contribution in [0.2, 0.25) is 0 Å². The Labute approximate surface area is 100 Å². The van der Waals surface area contributed by atoms with Crippen LogP contribution in [0.1, 0.15) is 13.8 Å². The minimum absolute atomic E-state index is 0.546. The molecular weight excluding hydrogens is 259 g/mol. The lowest BCUT2D eigenvalue weighted by atomic mass is 9.96. The summed E-state index contributed by atoms with van der Waals surface area (Å²) in [6.07, 6.45) is -5.02. The summed E-state index contributed by atoms with van der Waals surface area (Å²) in [5.41, 5.74) is -5.95. The van der Waals surface area contributed by atoms with Gasteiger partial charge in [0, 0.05) is 0 Å². The lowest BCUT2D eigenvalue weighted by Gasteiger charge is -2.25. The number of carbonyl (C=O) groups excluding carboxylic acids is 1. The second-order valence-corrected chi connectivity index (χ2v) is 3.75. The molecule has 0 rings (SSSR count). The first-order valence-electron chi connectivity index (χ1n) is 4.72. The number of alkyl halides is 3. The third-order valence-electron chi connectivity index (χ3n) is 1.95. The van der Waals surface area contributed by atoms with Crippen molar-refractivity contribution in [3.63, 3.8) is 0 Å². The van der Waals surface area contributed by atoms with Crippen LogP contribution in [0, 0.1) is 16.0 Å². The van der Waals surface area contributed by atoms with Crippen molar-refractivity contribution in [3.8, 4) is 0 Å². The fourth-order valence-corrected chi connectivity index (χ4v) is 1.14. The summed E-state index contributed by atoms with van der Waals surface area (Å²) in [5.74, 6) is -2.83. The summed E-state index contributed by atoms with van der Waals surface area (Å²) in [7, 11) is 0.589. The standard InChI is InChI=1S/C9H12F3NO5/c1-5(2)4-6(13(16)17)8(15,7(14)18-3)9(10,11)12/h4-5,15H,1-3H3/b6-4-. The maximum absolute atomic E-state index is 12.7. The number of nitrogens with zero attached hydrogens (tertiary/aromatic N) is 1. The quantitative estimate of drug-likeness (QED) is 0.472. The largest absolute Gasteiger partial charge is 0.466 e. The van der Waals surface area contributed by atoms with Gasteiger partial charge in [-0.05, 0) is 12.0 Å². The highest BCUT2D eigenvalue weighted by molar-refractivity contribution is 5.83. The van der Waals surface area contributed by atoms with E-state index in [0.717, 1.165) is 0 Å². The van der Waals surface area contributed by atoms with E-state index in [0.29, 0.717) is 13.2 Å². The minimum atomic E-state index is -5.56. The van der Waals surface area contributed by atoms with Gasteiger partial charge in [0.2, 0.25) is 0 Å². The van der Waals surface area contributed by atoms with Gasteiger partial charge in [0.1, 0.15) is 0 Å². The summed E-state index contributed by atoms with van der Waals surface area (Å²) < 4.78 is 41.9. The van der Waals surface area contributed by atoms with Crippen molar-refractivity contribution in [1.82, 2.24) is 0 Å². The summed E-state index contributed by atoms with van der Waals surface area (Å²) in [6, 6.07) is 0. The van der Waals surface area contributed by atoms with Crippen molar-refractivity contribution in [2.45, 2.75) is 25.6 Å². The van der Waals surface area contributed by atoms with Gasteiger partial charge < -0.3 is 9.84 Å². The molecule has 0 fully saturated rings. The zero-order valence-electron chi connectivity index (χ0n) is 9.82. The lowest BCUT2D eigenvalue weighted by molar-refractivity contribution is -0.456. The van der Waals surface area contributed by atoms with E-state index in [2.05, 4.69) is 4.74 Å². The monoisotopic (exact) mass is 271 g/mol. The van der Waals surface area contributed by atoms with E-state index in [1.54, 1.807) is 0 Å². The smallest absolute Gasteiger partial charge is 0.439 e. The molecule has 0 amide bonds. The number of allylic oxidation sites excluding steroid dienone is 1. The van der Waals surface area contributed by atoms with Gasteiger partial charge in [-0.15, -0.1) is 0 Å². The highest BCUT2D eigenvalue weighted by atomic mass is 19.4. The average molecular weight is 271 g/mol. The number of ether oxygens (including phenoxy) is 1. The fourth-order valence-electron chi connectivity index (χ4n) is 1.14. The van der Waals surface area contributed by atoms with Crippen LogP contribution >= 0.6 is 0 Å². The van der Waals surface area contributed by atoms with E-state index >= 15 is 0 Å². The molecule has 18 heavy (non-hydrogen) atoms. The van der Waals surface area contributed by atoms with Gasteiger partial charge in [-0.2, -0.15) is 13.2 Å². The van der Waals surface area contributed by atoms with Crippen LogP contribution in [0.15, 0.2) is 11.8 Å². The number of nitro groups is 1. The number of carbonyl (C=O) groups is 1. The van der Waals surface area contributed by atoms with Gasteiger partial charge in [-0.1, -0.05) is 13.8 Å². The Balaban J connectivity index is 6.00. The summed E-state index contributed by atoms with van der Waals surface area (Å²) >= 11 is 0. The van der Waals surface area contributed by atoms with Crippen LogP contribution in [-0.2, 0) is 9.53 Å². The van der Waals surface area contributed by atoms with Crippen LogP contribution < -0.4 is 0 Å². The first-order valence-corrected chi connectivity index (χ1v) is 4.72. The van der Waals surface area contributed by atoms with E-state index in [9.17, 15) is 33.2 Å². The Morgan fingerprint density at radius 3 is 2.11 bits per heavy atom. The van der Waals surface area contributed by atoms with Gasteiger partial charge in [0.15, 0.2) is 0 Å². The molecule has 0 spiro atoms. The highest BCUT2D eigenvalue weighted by Gasteiger charge is 2.68. The zero-order chi connectivity index (χ0) is 14.7. The van der Waals surface area contributed by atoms with Gasteiger partial charge >= 0.3 is 17.7 Å². The van der Waals surface area contributed by atoms with Crippen LogP contribution in [0.4, 0.5) is 13.2 Å². The fraction of sp³-hybridized carbons (Fsp3) is 0.667. The molecule has 0 aliphatic heterocycles. The van der Waals surface area contributed by atoms with Gasteiger partial charge in [0.25, 0.3) is 5.70 Å². The van der Waals surface area contributed by atoms with Gasteiger partial charge in [0.05, 0.1) is 12.0 Å². The lowest BCUT2D eigenvalue weighted by Crippen LogP contribution is -2.55. The molecule has 0 aromatic heterocycles. The third-order valence-corrected chi connectivity index (χ3v) is 1.95. The number of aliphatic hydroxyl groups is 1. The van der Waals surface area contributed by atoms with E-state index < -0.39 is 34.3 Å². The van der Waals surface area contributed by atoms with Crippen molar-refractivity contribution in [1.29, 1.82) is 0 Å². The van der Waals surface area contributed by atoms with Crippen LogP contribution in [0.3, 0.4) is 0 Å². The van der Waals surface area contributed by atoms with Crippen molar-refractivity contribution in [2.24, 2.45) is 5.92 Å². The molecule has 104 valence electrons. The van der Waals surface area contributed by atoms with E-state index in [1.807, 2.05) is 0 Å². The van der Waals surface area contributed by atoms with Crippen LogP contribution in [0.25, 0.3) is 0 Å². The molecule has 0 aliphatic rings. The van der Waals surface area contributed by atoms with Crippen LogP contribution in [-0.4, -0.2) is 34.9 Å². The summed E-state index contributed by atoms with van der Waals surface area (Å²) in [5, 5.41) is 20.0. The number of methoxy groups -OCH3 is 1. The van der Waals surface area contributed by atoms with Crippen LogP contribution in [0.5, 0.6) is 0 Å². The molecule has 1 N–H and O–H groups in total. The summed E-state index contributed by atoms with van der Waals surface area (Å²) in [4.78, 5) is 20.2. The number of rotatable bonds is 4. The normalized spacial score (nSPS) is 16.3. The minimum Gasteiger partial charge on any atom is -0.466 e. The Morgan fingerprint density at radius 1 is 1.44 bits per heavy atom. The number of esters is 1. The van der Waals surface area contributed by atoms with E-state index in [-0.39, 0.29) is 0 Å². The van der Waals surface area contributed by atoms with Crippen molar-refractivity contribution in [3.05, 3.63) is 21.9 Å². The van der Waals surface area contributed by atoms with E-state index in [4.69, 9.17) is 0 Å². The SMILES string of the molecule is COC(=O)C(O)(/C(=C/C(C)C)[N+](=O)[O-])C(F)(F)F. The molecule has 0 bridgehead atoms. The molecule has 0 aromatic carbocycles. The van der Waals surface area contributed by atoms with Crippen molar-refractivity contribution < 1.29 is 32.7 Å². The predicted octanol–water partition coefficient (Wildman–Crippen LogP) is 1.27. The van der Waals surface area contributed by atoms with Gasteiger partial charge in [-0.3, -0.25) is 10.1 Å².